The molecular weight excluding hydrogens is 352 g/mol. The molecule has 2 aromatic rings. The molecule has 27 heavy (non-hydrogen) atoms. The minimum Gasteiger partial charge on any atom is -0.387 e. The number of ketones is 1. The highest BCUT2D eigenvalue weighted by Crippen LogP contribution is 2.43. The van der Waals surface area contributed by atoms with Crippen molar-refractivity contribution in [2.24, 2.45) is 0 Å². The van der Waals surface area contributed by atoms with E-state index in [0.29, 0.717) is 13.1 Å². The summed E-state index contributed by atoms with van der Waals surface area (Å²) in [5, 5.41) is 23.2. The molecule has 1 aliphatic rings. The first-order valence-electron chi connectivity index (χ1n) is 8.51. The maximum absolute atomic E-state index is 12.9. The fourth-order valence-corrected chi connectivity index (χ4v) is 3.35. The summed E-state index contributed by atoms with van der Waals surface area (Å²) in [5.74, 6) is -0.595. The van der Waals surface area contributed by atoms with E-state index in [1.807, 2.05) is 0 Å². The third-order valence-corrected chi connectivity index (χ3v) is 4.63. The molecule has 0 aliphatic carbocycles. The van der Waals surface area contributed by atoms with Gasteiger partial charge in [-0.15, -0.1) is 0 Å². The molecule has 0 saturated carbocycles. The number of carbonyl (C=O) groups is 1. The Kier molecular flexibility index (Phi) is 5.02. The lowest BCUT2D eigenvalue weighted by atomic mass is 9.98. The number of nitrogens with two attached hydrogens (primary N) is 1. The molecule has 1 heterocycles. The maximum atomic E-state index is 12.9. The number of anilines is 2. The second kappa shape index (κ2) is 7.40. The Morgan fingerprint density at radius 2 is 1.56 bits per heavy atom. The Morgan fingerprint density at radius 1 is 0.963 bits per heavy atom. The molecule has 0 atom stereocenters. The van der Waals surface area contributed by atoms with Crippen molar-refractivity contribution < 1.29 is 14.6 Å². The average Bonchev–Trinajstić information content (AvgIpc) is 2.67. The molecule has 0 unspecified atom stereocenters. The second-order valence-corrected chi connectivity index (χ2v) is 6.31. The molecule has 1 fully saturated rings. The summed E-state index contributed by atoms with van der Waals surface area (Å²) in [4.78, 5) is 36.3. The SMILES string of the molecule is Nc1c([N+](=O)[O-])c(C(=O)c2ccccc2)cc(N2CCCCC2)c1[N+](=O)[O-]. The molecule has 0 amide bonds. The third-order valence-electron chi connectivity index (χ3n) is 4.63. The fraction of sp³-hybridized carbons (Fsp3) is 0.278. The molecule has 9 heteroatoms. The van der Waals surface area contributed by atoms with Gasteiger partial charge in [0.25, 0.3) is 0 Å². The molecule has 0 spiro atoms. The quantitative estimate of drug-likeness (QED) is 0.369. The van der Waals surface area contributed by atoms with Gasteiger partial charge >= 0.3 is 11.4 Å². The standard InChI is InChI=1S/C18H18N4O5/c19-15-16(21(24)25)13(18(23)12-7-3-1-4-8-12)11-14(17(15)22(26)27)20-9-5-2-6-10-20/h1,3-4,7-8,11H,2,5-6,9-10,19H2. The number of hydrogen-bond donors (Lipinski definition) is 1. The first kappa shape index (κ1) is 18.3. The summed E-state index contributed by atoms with van der Waals surface area (Å²) in [6.45, 7) is 1.13. The number of hydrogen-bond acceptors (Lipinski definition) is 7. The Bertz CT molecular complexity index is 908. The van der Waals surface area contributed by atoms with Gasteiger partial charge in [0.05, 0.1) is 9.85 Å². The van der Waals surface area contributed by atoms with E-state index in [4.69, 9.17) is 5.73 Å². The van der Waals surface area contributed by atoms with E-state index in [1.54, 1.807) is 23.1 Å². The van der Waals surface area contributed by atoms with Gasteiger partial charge in [-0.25, -0.2) is 0 Å². The largest absolute Gasteiger partial charge is 0.387 e. The Balaban J connectivity index is 2.25. The summed E-state index contributed by atoms with van der Waals surface area (Å²) in [5.41, 5.74) is 4.17. The van der Waals surface area contributed by atoms with Gasteiger partial charge in [-0.05, 0) is 25.3 Å². The Hall–Kier alpha value is -3.49. The van der Waals surface area contributed by atoms with Crippen LogP contribution >= 0.6 is 0 Å². The molecule has 140 valence electrons. The van der Waals surface area contributed by atoms with E-state index in [-0.39, 0.29) is 16.8 Å². The fourth-order valence-electron chi connectivity index (χ4n) is 3.35. The van der Waals surface area contributed by atoms with Crippen molar-refractivity contribution in [1.29, 1.82) is 0 Å². The van der Waals surface area contributed by atoms with Gasteiger partial charge in [-0.2, -0.15) is 0 Å². The minimum atomic E-state index is -0.835. The van der Waals surface area contributed by atoms with Crippen molar-refractivity contribution in [3.63, 3.8) is 0 Å². The number of benzene rings is 2. The highest BCUT2D eigenvalue weighted by Gasteiger charge is 2.36. The zero-order valence-corrected chi connectivity index (χ0v) is 14.5. The highest BCUT2D eigenvalue weighted by atomic mass is 16.6. The van der Waals surface area contributed by atoms with Crippen molar-refractivity contribution >= 4 is 28.5 Å². The highest BCUT2D eigenvalue weighted by molar-refractivity contribution is 6.14. The van der Waals surface area contributed by atoms with Gasteiger partial charge in [-0.3, -0.25) is 25.0 Å². The third kappa shape index (κ3) is 3.43. The van der Waals surface area contributed by atoms with Crippen LogP contribution in [-0.2, 0) is 0 Å². The normalized spacial score (nSPS) is 14.0. The molecule has 2 N–H and O–H groups in total. The van der Waals surface area contributed by atoms with Crippen molar-refractivity contribution in [3.05, 3.63) is 67.8 Å². The number of nitrogen functional groups attached to an aromatic ring is 1. The molecule has 1 aliphatic heterocycles. The number of carbonyl (C=O) groups excluding carboxylic acids is 1. The van der Waals surface area contributed by atoms with Crippen LogP contribution in [0.1, 0.15) is 35.2 Å². The van der Waals surface area contributed by atoms with Gasteiger partial charge in [0.1, 0.15) is 11.3 Å². The summed E-state index contributed by atoms with van der Waals surface area (Å²) in [6, 6.07) is 9.30. The van der Waals surface area contributed by atoms with E-state index < -0.39 is 32.7 Å². The van der Waals surface area contributed by atoms with Crippen LogP contribution in [0.25, 0.3) is 0 Å². The van der Waals surface area contributed by atoms with Crippen LogP contribution in [0.15, 0.2) is 36.4 Å². The van der Waals surface area contributed by atoms with Crippen molar-refractivity contribution in [2.45, 2.75) is 19.3 Å². The Morgan fingerprint density at radius 3 is 2.11 bits per heavy atom. The maximum Gasteiger partial charge on any atom is 0.322 e. The van der Waals surface area contributed by atoms with Gasteiger partial charge in [0.2, 0.25) is 0 Å². The van der Waals surface area contributed by atoms with Crippen molar-refractivity contribution in [3.8, 4) is 0 Å². The molecule has 2 aromatic carbocycles. The predicted molar refractivity (Wildman–Crippen MR) is 100 cm³/mol. The van der Waals surface area contributed by atoms with E-state index >= 15 is 0 Å². The zero-order valence-electron chi connectivity index (χ0n) is 14.5. The van der Waals surface area contributed by atoms with Crippen LogP contribution in [0.4, 0.5) is 22.7 Å². The zero-order chi connectivity index (χ0) is 19.6. The molecule has 3 rings (SSSR count). The van der Waals surface area contributed by atoms with Gasteiger partial charge < -0.3 is 10.6 Å². The number of nitrogens with zero attached hydrogens (tertiary/aromatic N) is 3. The van der Waals surface area contributed by atoms with Gasteiger partial charge in [0, 0.05) is 18.7 Å². The summed E-state index contributed by atoms with van der Waals surface area (Å²) in [7, 11) is 0. The van der Waals surface area contributed by atoms with E-state index in [1.165, 1.54) is 18.2 Å². The van der Waals surface area contributed by atoms with E-state index in [9.17, 15) is 25.0 Å². The molecular formula is C18H18N4O5. The molecule has 0 radical (unpaired) electrons. The lowest BCUT2D eigenvalue weighted by Crippen LogP contribution is -2.30. The van der Waals surface area contributed by atoms with Crippen molar-refractivity contribution in [1.82, 2.24) is 0 Å². The van der Waals surface area contributed by atoms with Crippen LogP contribution in [0.2, 0.25) is 0 Å². The number of nitro groups is 2. The minimum absolute atomic E-state index is 0.155. The first-order valence-corrected chi connectivity index (χ1v) is 8.51. The van der Waals surface area contributed by atoms with Crippen LogP contribution < -0.4 is 10.6 Å². The number of piperidine rings is 1. The summed E-state index contributed by atoms with van der Waals surface area (Å²) < 4.78 is 0. The van der Waals surface area contributed by atoms with Gasteiger partial charge in [0.15, 0.2) is 11.5 Å². The van der Waals surface area contributed by atoms with Gasteiger partial charge in [-0.1, -0.05) is 30.3 Å². The Labute approximate surface area is 154 Å². The van der Waals surface area contributed by atoms with Crippen LogP contribution in [0.3, 0.4) is 0 Å². The molecule has 1 saturated heterocycles. The number of nitro benzene ring substituents is 2. The second-order valence-electron chi connectivity index (χ2n) is 6.31. The van der Waals surface area contributed by atoms with Crippen LogP contribution in [0, 0.1) is 20.2 Å². The first-order chi connectivity index (χ1) is 12.9. The lowest BCUT2D eigenvalue weighted by molar-refractivity contribution is -0.392. The molecule has 0 bridgehead atoms. The average molecular weight is 370 g/mol. The number of rotatable bonds is 5. The predicted octanol–water partition coefficient (Wildman–Crippen LogP) is 3.31. The molecule has 0 aromatic heterocycles. The lowest BCUT2D eigenvalue weighted by Gasteiger charge is -2.29. The topological polar surface area (TPSA) is 133 Å². The smallest absolute Gasteiger partial charge is 0.322 e. The molecule has 9 nitrogen and oxygen atoms in total. The monoisotopic (exact) mass is 370 g/mol. The summed E-state index contributed by atoms with van der Waals surface area (Å²) >= 11 is 0. The van der Waals surface area contributed by atoms with Crippen LogP contribution in [0.5, 0.6) is 0 Å². The summed E-state index contributed by atoms with van der Waals surface area (Å²) in [6.07, 6.45) is 2.69. The van der Waals surface area contributed by atoms with Crippen LogP contribution in [-0.4, -0.2) is 28.7 Å². The van der Waals surface area contributed by atoms with E-state index in [0.717, 1.165) is 19.3 Å². The van der Waals surface area contributed by atoms with E-state index in [2.05, 4.69) is 0 Å². The van der Waals surface area contributed by atoms with Crippen molar-refractivity contribution in [2.75, 3.05) is 23.7 Å².